The first-order chi connectivity index (χ1) is 19.9. The lowest BCUT2D eigenvalue weighted by Gasteiger charge is -2.11. The number of aromatic nitrogens is 2. The van der Waals surface area contributed by atoms with E-state index in [0.717, 1.165) is 10.9 Å². The number of carbonyl (C=O) groups excluding carboxylic acids is 1. The van der Waals surface area contributed by atoms with Crippen molar-refractivity contribution in [2.45, 2.75) is 6.92 Å². The quantitative estimate of drug-likeness (QED) is 0.219. The average Bonchev–Trinajstić information content (AvgIpc) is 3.42. The number of fused-ring (bicyclic) bond motifs is 2. The number of rotatable bonds is 7. The van der Waals surface area contributed by atoms with Crippen LogP contribution in [0.3, 0.4) is 0 Å². The molecule has 0 radical (unpaired) electrons. The normalized spacial score (nSPS) is 11.4. The van der Waals surface area contributed by atoms with Gasteiger partial charge in [-0.15, -0.1) is 0 Å². The zero-order chi connectivity index (χ0) is 28.3. The molecule has 1 N–H and O–H groups in total. The molecule has 9 heteroatoms. The molecule has 41 heavy (non-hydrogen) atoms. The van der Waals surface area contributed by atoms with Gasteiger partial charge in [0.2, 0.25) is 5.82 Å². The first kappa shape index (κ1) is 26.0. The molecule has 1 amide bonds. The van der Waals surface area contributed by atoms with Gasteiger partial charge < -0.3 is 14.5 Å². The molecule has 0 fully saturated rings. The summed E-state index contributed by atoms with van der Waals surface area (Å²) >= 11 is 6.27. The SMILES string of the molecule is Cc1ccc(NC(=O)COc2ccc(Cl)cc2C=Nn2c(-c3cc4ccccc4o3)nc3ccccc3c2=O)cc1. The lowest BCUT2D eigenvalue weighted by molar-refractivity contribution is -0.118. The first-order valence-corrected chi connectivity index (χ1v) is 13.2. The molecule has 0 aliphatic carbocycles. The number of para-hydroxylation sites is 2. The predicted molar refractivity (Wildman–Crippen MR) is 161 cm³/mol. The Morgan fingerprint density at radius 3 is 2.63 bits per heavy atom. The molecular formula is C32H23ClN4O4. The number of aryl methyl sites for hydroxylation is 1. The van der Waals surface area contributed by atoms with Crippen molar-refractivity contribution in [1.82, 2.24) is 9.66 Å². The van der Waals surface area contributed by atoms with Crippen LogP contribution in [0.25, 0.3) is 33.5 Å². The van der Waals surface area contributed by atoms with Gasteiger partial charge in [-0.25, -0.2) is 4.98 Å². The van der Waals surface area contributed by atoms with Gasteiger partial charge in [0.25, 0.3) is 11.5 Å². The number of halogens is 1. The third-order valence-electron chi connectivity index (χ3n) is 6.38. The Bertz CT molecular complexity index is 1960. The molecule has 2 heterocycles. The van der Waals surface area contributed by atoms with E-state index in [4.69, 9.17) is 25.7 Å². The zero-order valence-corrected chi connectivity index (χ0v) is 22.6. The molecule has 6 rings (SSSR count). The van der Waals surface area contributed by atoms with Gasteiger partial charge >= 0.3 is 0 Å². The Hall–Kier alpha value is -5.21. The highest BCUT2D eigenvalue weighted by molar-refractivity contribution is 6.30. The average molecular weight is 563 g/mol. The van der Waals surface area contributed by atoms with Crippen molar-refractivity contribution in [2.24, 2.45) is 5.10 Å². The van der Waals surface area contributed by atoms with Crippen LogP contribution >= 0.6 is 11.6 Å². The van der Waals surface area contributed by atoms with Crippen LogP contribution in [-0.4, -0.2) is 28.4 Å². The lowest BCUT2D eigenvalue weighted by Crippen LogP contribution is -2.21. The maximum atomic E-state index is 13.6. The fourth-order valence-electron chi connectivity index (χ4n) is 4.33. The van der Waals surface area contributed by atoms with Crippen LogP contribution in [0.4, 0.5) is 5.69 Å². The zero-order valence-electron chi connectivity index (χ0n) is 21.9. The Morgan fingerprint density at radius 2 is 1.80 bits per heavy atom. The summed E-state index contributed by atoms with van der Waals surface area (Å²) in [5.74, 6) is 0.669. The van der Waals surface area contributed by atoms with E-state index in [0.29, 0.717) is 44.3 Å². The maximum absolute atomic E-state index is 13.6. The largest absolute Gasteiger partial charge is 0.483 e. The van der Waals surface area contributed by atoms with Crippen molar-refractivity contribution < 1.29 is 13.9 Å². The molecule has 202 valence electrons. The second kappa shape index (κ2) is 11.1. The Kier molecular flexibility index (Phi) is 7.06. The summed E-state index contributed by atoms with van der Waals surface area (Å²) in [6, 6.07) is 28.8. The predicted octanol–water partition coefficient (Wildman–Crippen LogP) is 6.67. The number of hydrogen-bond donors (Lipinski definition) is 1. The van der Waals surface area contributed by atoms with Crippen LogP contribution in [0.15, 0.2) is 111 Å². The topological polar surface area (TPSA) is 98.7 Å². The van der Waals surface area contributed by atoms with Crippen molar-refractivity contribution in [1.29, 1.82) is 0 Å². The van der Waals surface area contributed by atoms with Crippen LogP contribution in [0.5, 0.6) is 5.75 Å². The molecule has 0 atom stereocenters. The smallest absolute Gasteiger partial charge is 0.282 e. The van der Waals surface area contributed by atoms with Gasteiger partial charge in [0.15, 0.2) is 12.4 Å². The Labute approximate surface area is 239 Å². The molecule has 0 aliphatic rings. The number of furan rings is 1. The van der Waals surface area contributed by atoms with Gasteiger partial charge in [-0.3, -0.25) is 9.59 Å². The number of anilines is 1. The van der Waals surface area contributed by atoms with Crippen LogP contribution in [0.2, 0.25) is 5.02 Å². The second-order valence-corrected chi connectivity index (χ2v) is 9.78. The van der Waals surface area contributed by atoms with Crippen LogP contribution < -0.4 is 15.6 Å². The third-order valence-corrected chi connectivity index (χ3v) is 6.61. The number of amides is 1. The van der Waals surface area contributed by atoms with Gasteiger partial charge in [0.05, 0.1) is 17.1 Å². The fourth-order valence-corrected chi connectivity index (χ4v) is 4.51. The molecule has 0 saturated heterocycles. The number of benzene rings is 4. The van der Waals surface area contributed by atoms with Crippen molar-refractivity contribution in [3.8, 4) is 17.3 Å². The van der Waals surface area contributed by atoms with E-state index < -0.39 is 0 Å². The number of ether oxygens (including phenoxy) is 1. The van der Waals surface area contributed by atoms with Gasteiger partial charge in [0.1, 0.15) is 11.3 Å². The maximum Gasteiger partial charge on any atom is 0.282 e. The summed E-state index contributed by atoms with van der Waals surface area (Å²) in [5, 5.41) is 9.00. The summed E-state index contributed by atoms with van der Waals surface area (Å²) in [6.07, 6.45) is 1.45. The Morgan fingerprint density at radius 1 is 1.02 bits per heavy atom. The van der Waals surface area contributed by atoms with Crippen molar-refractivity contribution >= 4 is 51.3 Å². The van der Waals surface area contributed by atoms with Gasteiger partial charge in [-0.1, -0.05) is 59.6 Å². The van der Waals surface area contributed by atoms with Gasteiger partial charge in [-0.2, -0.15) is 9.78 Å². The number of nitrogens with one attached hydrogen (secondary N) is 1. The highest BCUT2D eigenvalue weighted by Crippen LogP contribution is 2.27. The van der Waals surface area contributed by atoms with E-state index in [9.17, 15) is 9.59 Å². The van der Waals surface area contributed by atoms with E-state index in [1.165, 1.54) is 10.9 Å². The molecule has 8 nitrogen and oxygen atoms in total. The minimum Gasteiger partial charge on any atom is -0.483 e. The molecule has 0 bridgehead atoms. The minimum atomic E-state index is -0.371. The van der Waals surface area contributed by atoms with Crippen molar-refractivity contribution in [3.63, 3.8) is 0 Å². The summed E-state index contributed by atoms with van der Waals surface area (Å²) in [5.41, 5.74) is 3.04. The second-order valence-electron chi connectivity index (χ2n) is 9.35. The number of nitrogens with zero attached hydrogens (tertiary/aromatic N) is 3. The molecular weight excluding hydrogens is 540 g/mol. The highest BCUT2D eigenvalue weighted by Gasteiger charge is 2.17. The monoisotopic (exact) mass is 562 g/mol. The minimum absolute atomic E-state index is 0.238. The van der Waals surface area contributed by atoms with E-state index in [2.05, 4.69) is 10.4 Å². The third kappa shape index (κ3) is 5.59. The molecule has 2 aromatic heterocycles. The van der Waals surface area contributed by atoms with Crippen LogP contribution in [-0.2, 0) is 4.79 Å². The van der Waals surface area contributed by atoms with Crippen LogP contribution in [0, 0.1) is 6.92 Å². The van der Waals surface area contributed by atoms with E-state index in [-0.39, 0.29) is 23.9 Å². The summed E-state index contributed by atoms with van der Waals surface area (Å²) in [7, 11) is 0. The van der Waals surface area contributed by atoms with Crippen molar-refractivity contribution in [3.05, 3.63) is 124 Å². The van der Waals surface area contributed by atoms with Crippen LogP contribution in [0.1, 0.15) is 11.1 Å². The number of carbonyl (C=O) groups is 1. The lowest BCUT2D eigenvalue weighted by atomic mass is 10.2. The summed E-state index contributed by atoms with van der Waals surface area (Å²) in [4.78, 5) is 30.8. The summed E-state index contributed by atoms with van der Waals surface area (Å²) in [6.45, 7) is 1.73. The van der Waals surface area contributed by atoms with Gasteiger partial charge in [-0.05, 0) is 61.5 Å². The molecule has 6 aromatic rings. The molecule has 0 spiro atoms. The van der Waals surface area contributed by atoms with E-state index in [1.807, 2.05) is 67.6 Å². The molecule has 0 unspecified atom stereocenters. The Balaban J connectivity index is 1.34. The molecule has 0 aliphatic heterocycles. The highest BCUT2D eigenvalue weighted by atomic mass is 35.5. The number of hydrogen-bond acceptors (Lipinski definition) is 6. The fraction of sp³-hybridized carbons (Fsp3) is 0.0625. The van der Waals surface area contributed by atoms with E-state index in [1.54, 1.807) is 36.4 Å². The first-order valence-electron chi connectivity index (χ1n) is 12.8. The van der Waals surface area contributed by atoms with Crippen molar-refractivity contribution in [2.75, 3.05) is 11.9 Å². The molecule has 4 aromatic carbocycles. The molecule has 0 saturated carbocycles. The standard InChI is InChI=1S/C32H23ClN4O4/c1-20-10-13-24(14-11-20)35-30(38)19-40-27-15-12-23(33)16-22(27)18-34-37-31(29-17-21-6-2-5-9-28(21)41-29)36-26-8-4-3-7-25(26)32(37)39/h2-18H,19H2,1H3,(H,35,38). The van der Waals surface area contributed by atoms with E-state index >= 15 is 0 Å². The van der Waals surface area contributed by atoms with Gasteiger partial charge in [0, 0.05) is 21.7 Å². The summed E-state index contributed by atoms with van der Waals surface area (Å²) < 4.78 is 13.0.